The van der Waals surface area contributed by atoms with Gasteiger partial charge in [-0.25, -0.2) is 0 Å². The molecule has 0 aromatic heterocycles. The highest BCUT2D eigenvalue weighted by molar-refractivity contribution is 5.62. The smallest absolute Gasteiger partial charge is 0.00381 e. The average Bonchev–Trinajstić information content (AvgIpc) is 3.23. The van der Waals surface area contributed by atoms with Crippen molar-refractivity contribution in [3.05, 3.63) is 33.9 Å². The van der Waals surface area contributed by atoms with Crippen LogP contribution < -0.4 is 0 Å². The van der Waals surface area contributed by atoms with Gasteiger partial charge in [0.2, 0.25) is 0 Å². The van der Waals surface area contributed by atoms with E-state index in [-0.39, 0.29) is 0 Å². The number of rotatable bonds is 8. The zero-order chi connectivity index (χ0) is 21.7. The van der Waals surface area contributed by atoms with Crippen LogP contribution in [0.15, 0.2) is 6.07 Å². The van der Waals surface area contributed by atoms with Crippen molar-refractivity contribution in [2.75, 3.05) is 0 Å². The van der Waals surface area contributed by atoms with E-state index in [2.05, 4.69) is 68.4 Å². The second-order valence-corrected chi connectivity index (χ2v) is 10.6. The van der Waals surface area contributed by atoms with Crippen molar-refractivity contribution in [2.45, 2.75) is 148 Å². The second kappa shape index (κ2) is 7.72. The highest BCUT2D eigenvalue weighted by atomic mass is 14.6. The minimum Gasteiger partial charge on any atom is -0.0645 e. The first kappa shape index (κ1) is 22.9. The van der Waals surface area contributed by atoms with Crippen LogP contribution in [-0.4, -0.2) is 0 Å². The van der Waals surface area contributed by atoms with Crippen LogP contribution in [0.3, 0.4) is 0 Å². The van der Waals surface area contributed by atoms with Gasteiger partial charge in [-0.05, 0) is 121 Å². The van der Waals surface area contributed by atoms with E-state index in [0.717, 1.165) is 0 Å². The molecule has 164 valence electrons. The summed E-state index contributed by atoms with van der Waals surface area (Å²) in [4.78, 5) is 0. The molecule has 1 aromatic rings. The van der Waals surface area contributed by atoms with E-state index in [1.54, 1.807) is 27.8 Å². The normalized spacial score (nSPS) is 22.5. The summed E-state index contributed by atoms with van der Waals surface area (Å²) in [6, 6.07) is 2.79. The third-order valence-corrected chi connectivity index (χ3v) is 10.5. The van der Waals surface area contributed by atoms with Crippen LogP contribution in [0.1, 0.15) is 147 Å². The molecule has 0 heterocycles. The van der Waals surface area contributed by atoms with E-state index in [1.165, 1.54) is 64.2 Å². The predicted molar refractivity (Wildman–Crippen MR) is 129 cm³/mol. The molecule has 1 aromatic carbocycles. The molecule has 0 heteroatoms. The maximum atomic E-state index is 2.79. The summed E-state index contributed by atoms with van der Waals surface area (Å²) in [6.07, 6.45) is 13.0. The molecule has 0 bridgehead atoms. The lowest BCUT2D eigenvalue weighted by molar-refractivity contribution is 0.277. The number of benzene rings is 1. The number of hydrogen-bond acceptors (Lipinski definition) is 0. The predicted octanol–water partition coefficient (Wildman–Crippen LogP) is 9.03. The van der Waals surface area contributed by atoms with Gasteiger partial charge in [-0.1, -0.05) is 61.5 Å². The first-order valence-electron chi connectivity index (χ1n) is 13.0. The molecule has 0 radical (unpaired) electrons. The molecule has 0 N–H and O–H groups in total. The summed E-state index contributed by atoms with van der Waals surface area (Å²) in [5, 5.41) is 0. The van der Waals surface area contributed by atoms with Crippen molar-refractivity contribution in [1.29, 1.82) is 0 Å². The molecule has 3 rings (SSSR count). The molecule has 0 spiro atoms. The van der Waals surface area contributed by atoms with Gasteiger partial charge in [0.15, 0.2) is 0 Å². The molecule has 0 saturated carbocycles. The molecular formula is C29H48. The Kier molecular flexibility index (Phi) is 6.10. The lowest BCUT2D eigenvalue weighted by Crippen LogP contribution is -2.29. The fourth-order valence-corrected chi connectivity index (χ4v) is 8.15. The van der Waals surface area contributed by atoms with E-state index in [0.29, 0.717) is 21.7 Å². The zero-order valence-electron chi connectivity index (χ0n) is 21.1. The third kappa shape index (κ3) is 2.76. The van der Waals surface area contributed by atoms with Crippen molar-refractivity contribution in [2.24, 2.45) is 0 Å². The van der Waals surface area contributed by atoms with E-state index in [1.807, 2.05) is 0 Å². The maximum absolute atomic E-state index is 2.79. The van der Waals surface area contributed by atoms with Gasteiger partial charge in [0.05, 0.1) is 0 Å². The lowest BCUT2D eigenvalue weighted by atomic mass is 9.69. The standard InChI is InChI=1S/C29H48/c1-10-26(11-2)19-28(14-5,15-6)24-21(9)25-23(18-22(24)26)27(12-3,13-4)20-29(25,16-7)17-8/h18H,10-17,19-20H2,1-9H3. The van der Waals surface area contributed by atoms with Gasteiger partial charge in [0.25, 0.3) is 0 Å². The highest BCUT2D eigenvalue weighted by Crippen LogP contribution is 2.63. The van der Waals surface area contributed by atoms with Crippen molar-refractivity contribution < 1.29 is 0 Å². The Morgan fingerprint density at radius 2 is 0.793 bits per heavy atom. The largest absolute Gasteiger partial charge is 0.0645 e. The number of hydrogen-bond donors (Lipinski definition) is 0. The Balaban J connectivity index is 2.46. The molecule has 0 aliphatic heterocycles. The molecule has 0 unspecified atom stereocenters. The highest BCUT2D eigenvalue weighted by Gasteiger charge is 2.55. The fraction of sp³-hybridized carbons (Fsp3) is 0.793. The zero-order valence-corrected chi connectivity index (χ0v) is 21.1. The Labute approximate surface area is 182 Å². The van der Waals surface area contributed by atoms with Crippen molar-refractivity contribution in [3.63, 3.8) is 0 Å². The molecule has 0 atom stereocenters. The first-order valence-corrected chi connectivity index (χ1v) is 13.0. The van der Waals surface area contributed by atoms with E-state index >= 15 is 0 Å². The summed E-state index contributed by atoms with van der Waals surface area (Å²) >= 11 is 0. The Bertz CT molecular complexity index is 674. The summed E-state index contributed by atoms with van der Waals surface area (Å²) in [5.74, 6) is 0. The molecule has 0 saturated heterocycles. The summed E-state index contributed by atoms with van der Waals surface area (Å²) in [6.45, 7) is 22.2. The molecule has 0 amide bonds. The van der Waals surface area contributed by atoms with E-state index in [9.17, 15) is 0 Å². The Morgan fingerprint density at radius 3 is 1.03 bits per heavy atom. The lowest BCUT2D eigenvalue weighted by Gasteiger charge is -2.35. The van der Waals surface area contributed by atoms with Gasteiger partial charge in [0.1, 0.15) is 0 Å². The van der Waals surface area contributed by atoms with Crippen LogP contribution in [0.2, 0.25) is 0 Å². The van der Waals surface area contributed by atoms with Gasteiger partial charge >= 0.3 is 0 Å². The first-order chi connectivity index (χ1) is 13.8. The van der Waals surface area contributed by atoms with Gasteiger partial charge in [-0.2, -0.15) is 0 Å². The molecule has 0 fully saturated rings. The van der Waals surface area contributed by atoms with Crippen molar-refractivity contribution >= 4 is 0 Å². The Hall–Kier alpha value is -0.780. The van der Waals surface area contributed by atoms with Crippen LogP contribution in [0.5, 0.6) is 0 Å². The summed E-state index contributed by atoms with van der Waals surface area (Å²) in [5.41, 5.74) is 10.4. The quantitative estimate of drug-likeness (QED) is 0.411. The molecule has 29 heavy (non-hydrogen) atoms. The minimum absolute atomic E-state index is 0.386. The molecule has 2 aliphatic carbocycles. The van der Waals surface area contributed by atoms with Gasteiger partial charge in [0, 0.05) is 0 Å². The summed E-state index contributed by atoms with van der Waals surface area (Å²) < 4.78 is 0. The summed E-state index contributed by atoms with van der Waals surface area (Å²) in [7, 11) is 0. The third-order valence-electron chi connectivity index (χ3n) is 10.5. The van der Waals surface area contributed by atoms with Crippen LogP contribution >= 0.6 is 0 Å². The number of fused-ring (bicyclic) bond motifs is 2. The SMILES string of the molecule is CCC1(CC)CC(CC)(CC)c2c1cc1c(c2C)C(CC)(CC)CC1(CC)CC. The van der Waals surface area contributed by atoms with Crippen molar-refractivity contribution in [3.8, 4) is 0 Å². The monoisotopic (exact) mass is 396 g/mol. The average molecular weight is 397 g/mol. The van der Waals surface area contributed by atoms with Crippen LogP contribution in [0.4, 0.5) is 0 Å². The van der Waals surface area contributed by atoms with E-state index < -0.39 is 0 Å². The molecular weight excluding hydrogens is 348 g/mol. The van der Waals surface area contributed by atoms with E-state index in [4.69, 9.17) is 0 Å². The van der Waals surface area contributed by atoms with Gasteiger partial charge < -0.3 is 0 Å². The fourth-order valence-electron chi connectivity index (χ4n) is 8.15. The second-order valence-electron chi connectivity index (χ2n) is 10.6. The molecule has 2 aliphatic rings. The van der Waals surface area contributed by atoms with Crippen LogP contribution in [-0.2, 0) is 21.7 Å². The minimum atomic E-state index is 0.386. The Morgan fingerprint density at radius 1 is 0.517 bits per heavy atom. The van der Waals surface area contributed by atoms with Crippen LogP contribution in [0, 0.1) is 6.92 Å². The topological polar surface area (TPSA) is 0 Å². The van der Waals surface area contributed by atoms with Gasteiger partial charge in [-0.15, -0.1) is 0 Å². The van der Waals surface area contributed by atoms with Crippen molar-refractivity contribution in [1.82, 2.24) is 0 Å². The van der Waals surface area contributed by atoms with Crippen LogP contribution in [0.25, 0.3) is 0 Å². The van der Waals surface area contributed by atoms with Gasteiger partial charge in [-0.3, -0.25) is 0 Å². The molecule has 0 nitrogen and oxygen atoms in total. The maximum Gasteiger partial charge on any atom is -0.00381 e.